The van der Waals surface area contributed by atoms with Gasteiger partial charge in [-0.1, -0.05) is 6.07 Å². The summed E-state index contributed by atoms with van der Waals surface area (Å²) in [5.74, 6) is -1.32. The second-order valence-electron chi connectivity index (χ2n) is 4.81. The van der Waals surface area contributed by atoms with Gasteiger partial charge in [0.2, 0.25) is 10.0 Å². The summed E-state index contributed by atoms with van der Waals surface area (Å²) in [5.41, 5.74) is 1.59. The number of carbonyl (C=O) groups is 2. The van der Waals surface area contributed by atoms with Crippen molar-refractivity contribution in [2.24, 2.45) is 5.14 Å². The van der Waals surface area contributed by atoms with Gasteiger partial charge < -0.3 is 10.1 Å². The van der Waals surface area contributed by atoms with Crippen molar-refractivity contribution in [2.45, 2.75) is 11.1 Å². The first kappa shape index (κ1) is 18.6. The molecule has 0 saturated carbocycles. The fourth-order valence-electron chi connectivity index (χ4n) is 1.70. The van der Waals surface area contributed by atoms with Crippen LogP contribution in [0.1, 0.15) is 15.9 Å². The second kappa shape index (κ2) is 7.43. The first-order valence-corrected chi connectivity index (χ1v) is 9.73. The van der Waals surface area contributed by atoms with Crippen LogP contribution in [0.5, 0.6) is 0 Å². The zero-order valence-electron chi connectivity index (χ0n) is 12.4. The Morgan fingerprint density at radius 1 is 1.33 bits per heavy atom. The highest BCUT2D eigenvalue weighted by Crippen LogP contribution is 2.23. The average molecular weight is 433 g/mol. The maximum atomic E-state index is 11.8. The monoisotopic (exact) mass is 432 g/mol. The van der Waals surface area contributed by atoms with Gasteiger partial charge in [-0.05, 0) is 46.6 Å². The van der Waals surface area contributed by atoms with Gasteiger partial charge in [-0.3, -0.25) is 4.79 Å². The number of ether oxygens (including phenoxy) is 1. The molecule has 0 unspecified atom stereocenters. The van der Waals surface area contributed by atoms with Crippen molar-refractivity contribution in [3.8, 4) is 0 Å². The van der Waals surface area contributed by atoms with Gasteiger partial charge in [0, 0.05) is 9.85 Å². The number of carbonyl (C=O) groups excluding carboxylic acids is 2. The molecule has 10 heteroatoms. The highest BCUT2D eigenvalue weighted by molar-refractivity contribution is 9.10. The Balaban J connectivity index is 1.94. The van der Waals surface area contributed by atoms with E-state index in [0.717, 1.165) is 23.0 Å². The van der Waals surface area contributed by atoms with Crippen molar-refractivity contribution in [1.29, 1.82) is 0 Å². The molecule has 2 rings (SSSR count). The minimum absolute atomic E-state index is 0.0216. The number of anilines is 1. The van der Waals surface area contributed by atoms with E-state index in [2.05, 4.69) is 21.2 Å². The SMILES string of the molecule is Cc1ccc(NC(=O)COC(=O)c2csc(S(N)(=O)=O)c2)c(Br)c1. The lowest BCUT2D eigenvalue weighted by molar-refractivity contribution is -0.119. The highest BCUT2D eigenvalue weighted by atomic mass is 79.9. The second-order valence-corrected chi connectivity index (χ2v) is 8.36. The fourth-order valence-corrected chi connectivity index (χ4v) is 3.86. The number of primary sulfonamides is 1. The molecule has 0 aliphatic carbocycles. The van der Waals surface area contributed by atoms with E-state index in [1.54, 1.807) is 6.07 Å². The fraction of sp³-hybridized carbons (Fsp3) is 0.143. The summed E-state index contributed by atoms with van der Waals surface area (Å²) in [6.07, 6.45) is 0. The van der Waals surface area contributed by atoms with E-state index in [1.807, 2.05) is 19.1 Å². The molecule has 24 heavy (non-hydrogen) atoms. The number of nitrogens with two attached hydrogens (primary N) is 1. The number of thiophene rings is 1. The van der Waals surface area contributed by atoms with Crippen LogP contribution in [0.4, 0.5) is 5.69 Å². The molecule has 2 aromatic rings. The molecule has 0 aliphatic heterocycles. The predicted octanol–water partition coefficient (Wildman–Crippen LogP) is 2.26. The molecular weight excluding hydrogens is 420 g/mol. The molecule has 0 atom stereocenters. The van der Waals surface area contributed by atoms with E-state index in [1.165, 1.54) is 5.38 Å². The molecule has 0 saturated heterocycles. The topological polar surface area (TPSA) is 116 Å². The maximum absolute atomic E-state index is 11.8. The van der Waals surface area contributed by atoms with Crippen LogP contribution in [0.15, 0.2) is 38.3 Å². The normalized spacial score (nSPS) is 11.1. The van der Waals surface area contributed by atoms with Crippen LogP contribution in [0.25, 0.3) is 0 Å². The first-order chi connectivity index (χ1) is 11.2. The third-order valence-corrected chi connectivity index (χ3v) is 5.87. The standard InChI is InChI=1S/C14H13BrN2O5S2/c1-8-2-3-11(10(15)4-8)17-12(18)6-22-14(19)9-5-13(23-7-9)24(16,20)21/h2-5,7H,6H2,1H3,(H,17,18)(H2,16,20,21). The number of amides is 1. The van der Waals surface area contributed by atoms with E-state index >= 15 is 0 Å². The number of sulfonamides is 1. The van der Waals surface area contributed by atoms with Gasteiger partial charge in [0.15, 0.2) is 6.61 Å². The van der Waals surface area contributed by atoms with Gasteiger partial charge in [0.1, 0.15) is 4.21 Å². The smallest absolute Gasteiger partial charge is 0.339 e. The molecule has 1 amide bonds. The van der Waals surface area contributed by atoms with Crippen molar-refractivity contribution < 1.29 is 22.7 Å². The Labute approximate surface area is 151 Å². The molecule has 1 heterocycles. The zero-order valence-corrected chi connectivity index (χ0v) is 15.6. The largest absolute Gasteiger partial charge is 0.452 e. The van der Waals surface area contributed by atoms with Crippen LogP contribution in [-0.4, -0.2) is 26.9 Å². The summed E-state index contributed by atoms with van der Waals surface area (Å²) in [6.45, 7) is 1.41. The number of nitrogens with one attached hydrogen (secondary N) is 1. The number of halogens is 1. The van der Waals surface area contributed by atoms with E-state index in [0.29, 0.717) is 10.2 Å². The molecule has 128 valence electrons. The summed E-state index contributed by atoms with van der Waals surface area (Å²) in [4.78, 5) is 23.6. The van der Waals surface area contributed by atoms with Crippen molar-refractivity contribution in [1.82, 2.24) is 0 Å². The Kier molecular flexibility index (Phi) is 5.75. The summed E-state index contributed by atoms with van der Waals surface area (Å²) >= 11 is 4.13. The van der Waals surface area contributed by atoms with E-state index in [-0.39, 0.29) is 9.77 Å². The lowest BCUT2D eigenvalue weighted by Gasteiger charge is -2.08. The third kappa shape index (κ3) is 4.87. The molecular formula is C14H13BrN2O5S2. The molecule has 7 nitrogen and oxygen atoms in total. The van der Waals surface area contributed by atoms with Crippen LogP contribution in [0.3, 0.4) is 0 Å². The number of hydrogen-bond acceptors (Lipinski definition) is 6. The third-order valence-electron chi connectivity index (χ3n) is 2.82. The van der Waals surface area contributed by atoms with E-state index in [4.69, 9.17) is 9.88 Å². The maximum Gasteiger partial charge on any atom is 0.339 e. The van der Waals surface area contributed by atoms with Gasteiger partial charge in [0.05, 0.1) is 11.3 Å². The van der Waals surface area contributed by atoms with Crippen LogP contribution in [0, 0.1) is 6.92 Å². The molecule has 0 aliphatic rings. The van der Waals surface area contributed by atoms with Crippen molar-refractivity contribution in [3.05, 3.63) is 45.2 Å². The Morgan fingerprint density at radius 2 is 2.04 bits per heavy atom. The summed E-state index contributed by atoms with van der Waals surface area (Å²) < 4.78 is 27.7. The number of esters is 1. The molecule has 0 fully saturated rings. The van der Waals surface area contributed by atoms with Crippen LogP contribution >= 0.6 is 27.3 Å². The average Bonchev–Trinajstić information content (AvgIpc) is 2.98. The van der Waals surface area contributed by atoms with Gasteiger partial charge in [-0.2, -0.15) is 0 Å². The Morgan fingerprint density at radius 3 is 2.62 bits per heavy atom. The Hall–Kier alpha value is -1.75. The molecule has 0 radical (unpaired) electrons. The number of hydrogen-bond donors (Lipinski definition) is 2. The predicted molar refractivity (Wildman–Crippen MR) is 93.5 cm³/mol. The quantitative estimate of drug-likeness (QED) is 0.702. The molecule has 1 aromatic carbocycles. The van der Waals surface area contributed by atoms with E-state index in [9.17, 15) is 18.0 Å². The van der Waals surface area contributed by atoms with Crippen molar-refractivity contribution >= 4 is 54.9 Å². The van der Waals surface area contributed by atoms with Crippen molar-refractivity contribution in [3.63, 3.8) is 0 Å². The number of rotatable bonds is 5. The van der Waals surface area contributed by atoms with Crippen LogP contribution in [0.2, 0.25) is 0 Å². The lowest BCUT2D eigenvalue weighted by atomic mass is 10.2. The molecule has 0 spiro atoms. The summed E-state index contributed by atoms with van der Waals surface area (Å²) in [7, 11) is -3.87. The summed E-state index contributed by atoms with van der Waals surface area (Å²) in [5, 5.41) is 8.86. The molecule has 3 N–H and O–H groups in total. The minimum atomic E-state index is -3.87. The van der Waals surface area contributed by atoms with Crippen LogP contribution < -0.4 is 10.5 Å². The van der Waals surface area contributed by atoms with Gasteiger partial charge in [0.25, 0.3) is 5.91 Å². The number of aryl methyl sites for hydroxylation is 1. The van der Waals surface area contributed by atoms with Crippen LogP contribution in [-0.2, 0) is 19.6 Å². The number of benzene rings is 1. The zero-order chi connectivity index (χ0) is 17.9. The highest BCUT2D eigenvalue weighted by Gasteiger charge is 2.17. The van der Waals surface area contributed by atoms with E-state index < -0.39 is 28.5 Å². The van der Waals surface area contributed by atoms with Gasteiger partial charge in [-0.15, -0.1) is 11.3 Å². The molecule has 1 aromatic heterocycles. The Bertz CT molecular complexity index is 892. The lowest BCUT2D eigenvalue weighted by Crippen LogP contribution is -2.21. The van der Waals surface area contributed by atoms with Gasteiger partial charge >= 0.3 is 5.97 Å². The van der Waals surface area contributed by atoms with Crippen molar-refractivity contribution in [2.75, 3.05) is 11.9 Å². The van der Waals surface area contributed by atoms with Gasteiger partial charge in [-0.25, -0.2) is 18.4 Å². The minimum Gasteiger partial charge on any atom is -0.452 e. The first-order valence-electron chi connectivity index (χ1n) is 6.51. The molecule has 0 bridgehead atoms. The summed E-state index contributed by atoms with van der Waals surface area (Å²) in [6, 6.07) is 6.49.